The number of halogens is 10. The summed E-state index contributed by atoms with van der Waals surface area (Å²) in [6.45, 7) is 1.98. The number of allylic oxidation sites excluding steroid dienone is 2. The first kappa shape index (κ1) is 34.1. The maximum Gasteiger partial charge on any atom is 0.432 e. The highest BCUT2D eigenvalue weighted by atomic mass is 19.3. The number of ether oxygens (including phenoxy) is 1. The van der Waals surface area contributed by atoms with Gasteiger partial charge in [0.2, 0.25) is 0 Å². The maximum absolute atomic E-state index is 15.2. The molecule has 248 valence electrons. The highest BCUT2D eigenvalue weighted by Crippen LogP contribution is 2.41. The number of rotatable bonds is 9. The Morgan fingerprint density at radius 3 is 1.81 bits per heavy atom. The van der Waals surface area contributed by atoms with Crippen molar-refractivity contribution in [1.29, 1.82) is 0 Å². The molecule has 0 aromatic heterocycles. The van der Waals surface area contributed by atoms with Gasteiger partial charge in [-0.3, -0.25) is 0 Å². The third-order valence-electron chi connectivity index (χ3n) is 8.47. The average Bonchev–Trinajstić information content (AvgIpc) is 2.99. The Bertz CT molecular complexity index is 1740. The molecule has 4 aromatic carbocycles. The summed E-state index contributed by atoms with van der Waals surface area (Å²) in [7, 11) is 0. The number of benzene rings is 4. The predicted molar refractivity (Wildman–Crippen MR) is 157 cm³/mol. The lowest BCUT2D eigenvalue weighted by Gasteiger charge is -2.28. The molecule has 0 amide bonds. The Labute approximate surface area is 264 Å². The van der Waals surface area contributed by atoms with Gasteiger partial charge in [-0.25, -0.2) is 35.1 Å². The molecule has 1 fully saturated rings. The first-order chi connectivity index (χ1) is 22.3. The van der Waals surface area contributed by atoms with Crippen molar-refractivity contribution in [3.8, 4) is 28.0 Å². The summed E-state index contributed by atoms with van der Waals surface area (Å²) in [4.78, 5) is 0. The summed E-state index contributed by atoms with van der Waals surface area (Å²) in [6, 6.07) is 6.47. The van der Waals surface area contributed by atoms with Crippen LogP contribution in [-0.4, -0.2) is 0 Å². The molecule has 0 bridgehead atoms. The van der Waals surface area contributed by atoms with E-state index in [2.05, 4.69) is 10.8 Å². The molecule has 0 radical (unpaired) electrons. The first-order valence-corrected chi connectivity index (χ1v) is 14.9. The van der Waals surface area contributed by atoms with Crippen molar-refractivity contribution in [3.05, 3.63) is 124 Å². The molecule has 4 aromatic rings. The summed E-state index contributed by atoms with van der Waals surface area (Å²) >= 11 is 0. The Morgan fingerprint density at radius 2 is 1.26 bits per heavy atom. The predicted octanol–water partition coefficient (Wildman–Crippen LogP) is 11.9. The van der Waals surface area contributed by atoms with E-state index in [0.29, 0.717) is 5.92 Å². The third-order valence-corrected chi connectivity index (χ3v) is 8.47. The second-order valence-corrected chi connectivity index (χ2v) is 11.6. The van der Waals surface area contributed by atoms with Crippen LogP contribution in [0.4, 0.5) is 43.9 Å². The monoisotopic (exact) mass is 666 g/mol. The van der Waals surface area contributed by atoms with Gasteiger partial charge < -0.3 is 4.74 Å². The van der Waals surface area contributed by atoms with Gasteiger partial charge in [-0.05, 0) is 104 Å². The van der Waals surface area contributed by atoms with Crippen LogP contribution in [0, 0.1) is 52.5 Å². The first-order valence-electron chi connectivity index (χ1n) is 14.9. The van der Waals surface area contributed by atoms with E-state index < -0.39 is 75.1 Å². The average molecular weight is 667 g/mol. The van der Waals surface area contributed by atoms with Gasteiger partial charge in [0.25, 0.3) is 0 Å². The Morgan fingerprint density at radius 1 is 0.681 bits per heavy atom. The SMILES string of the molecule is C/C=C/CCC1CCC(c2ccc(-c3cc(F)c(-c4cc(F)c(C(F)(F)Oc5cc(F)c(F)c(F)c5)c(F)c4)c(F)c3)c(F)c2)CC1. The van der Waals surface area contributed by atoms with Crippen LogP contribution < -0.4 is 4.74 Å². The van der Waals surface area contributed by atoms with Crippen molar-refractivity contribution in [1.82, 2.24) is 0 Å². The molecule has 0 N–H and O–H groups in total. The van der Waals surface area contributed by atoms with Crippen molar-refractivity contribution in [2.75, 3.05) is 0 Å². The van der Waals surface area contributed by atoms with Crippen LogP contribution in [0.15, 0.2) is 66.7 Å². The van der Waals surface area contributed by atoms with Gasteiger partial charge in [0, 0.05) is 17.7 Å². The van der Waals surface area contributed by atoms with Crippen molar-refractivity contribution in [3.63, 3.8) is 0 Å². The minimum Gasteiger partial charge on any atom is -0.429 e. The zero-order valence-electron chi connectivity index (χ0n) is 24.9. The molecular formula is C36H28F10O. The van der Waals surface area contributed by atoms with E-state index in [1.54, 1.807) is 6.07 Å². The standard InChI is InChI=1S/C36H28F10O/c1-2-3-4-5-19-6-8-20(9-7-19)21-10-11-25(26(37)12-21)22-13-27(38)33(28(39)14-22)23-15-29(40)34(30(41)16-23)36(45,46)47-24-17-31(42)35(44)32(43)18-24/h2-3,10-20H,4-9H2,1H3/b3-2+. The summed E-state index contributed by atoms with van der Waals surface area (Å²) in [5, 5.41) is 0. The van der Waals surface area contributed by atoms with Crippen LogP contribution in [-0.2, 0) is 6.11 Å². The van der Waals surface area contributed by atoms with Gasteiger partial charge in [0.1, 0.15) is 40.4 Å². The molecule has 1 nitrogen and oxygen atoms in total. The normalized spacial score (nSPS) is 17.0. The Kier molecular flexibility index (Phi) is 10.0. The van der Waals surface area contributed by atoms with E-state index in [-0.39, 0.29) is 41.3 Å². The lowest BCUT2D eigenvalue weighted by atomic mass is 9.77. The molecule has 0 heterocycles. The molecule has 11 heteroatoms. The topological polar surface area (TPSA) is 9.23 Å². The van der Waals surface area contributed by atoms with Crippen molar-refractivity contribution in [2.24, 2.45) is 5.92 Å². The molecule has 0 saturated heterocycles. The van der Waals surface area contributed by atoms with Crippen LogP contribution in [0.2, 0.25) is 0 Å². The second kappa shape index (κ2) is 13.8. The fourth-order valence-corrected chi connectivity index (χ4v) is 6.09. The maximum atomic E-state index is 15.2. The molecule has 0 unspecified atom stereocenters. The lowest BCUT2D eigenvalue weighted by Crippen LogP contribution is -2.25. The highest BCUT2D eigenvalue weighted by Gasteiger charge is 2.42. The minimum absolute atomic E-state index is 0.0395. The largest absolute Gasteiger partial charge is 0.432 e. The van der Waals surface area contributed by atoms with Crippen LogP contribution in [0.3, 0.4) is 0 Å². The molecule has 1 aliphatic rings. The smallest absolute Gasteiger partial charge is 0.429 e. The van der Waals surface area contributed by atoms with Gasteiger partial charge in [-0.2, -0.15) is 8.78 Å². The summed E-state index contributed by atoms with van der Waals surface area (Å²) in [5.41, 5.74) is -3.36. The number of alkyl halides is 2. The van der Waals surface area contributed by atoms with E-state index in [9.17, 15) is 30.7 Å². The van der Waals surface area contributed by atoms with Crippen LogP contribution >= 0.6 is 0 Å². The molecule has 1 saturated carbocycles. The molecule has 1 aliphatic carbocycles. The number of hydrogen-bond donors (Lipinski definition) is 0. The molecule has 0 atom stereocenters. The molecule has 0 spiro atoms. The van der Waals surface area contributed by atoms with Gasteiger partial charge >= 0.3 is 6.11 Å². The quantitative estimate of drug-likeness (QED) is 0.0982. The Balaban J connectivity index is 1.37. The van der Waals surface area contributed by atoms with Gasteiger partial charge in [-0.1, -0.05) is 24.3 Å². The van der Waals surface area contributed by atoms with Crippen LogP contribution in [0.25, 0.3) is 22.3 Å². The van der Waals surface area contributed by atoms with Crippen molar-refractivity contribution < 1.29 is 48.6 Å². The van der Waals surface area contributed by atoms with Gasteiger partial charge in [0.05, 0.1) is 5.56 Å². The van der Waals surface area contributed by atoms with Crippen molar-refractivity contribution >= 4 is 0 Å². The number of hydrogen-bond acceptors (Lipinski definition) is 1. The van der Waals surface area contributed by atoms with Crippen LogP contribution in [0.1, 0.15) is 62.5 Å². The summed E-state index contributed by atoms with van der Waals surface area (Å²) in [5.74, 6) is -13.8. The van der Waals surface area contributed by atoms with Gasteiger partial charge in [0.15, 0.2) is 17.5 Å². The summed E-state index contributed by atoms with van der Waals surface area (Å²) in [6.07, 6.45) is 5.21. The minimum atomic E-state index is -4.89. The van der Waals surface area contributed by atoms with E-state index >= 15 is 13.2 Å². The highest BCUT2D eigenvalue weighted by molar-refractivity contribution is 5.72. The lowest BCUT2D eigenvalue weighted by molar-refractivity contribution is -0.189. The van der Waals surface area contributed by atoms with Crippen LogP contribution in [0.5, 0.6) is 5.75 Å². The second-order valence-electron chi connectivity index (χ2n) is 11.6. The van der Waals surface area contributed by atoms with Gasteiger partial charge in [-0.15, -0.1) is 0 Å². The molecule has 0 aliphatic heterocycles. The van der Waals surface area contributed by atoms with E-state index in [1.165, 1.54) is 12.1 Å². The molecule has 5 rings (SSSR count). The molecule has 47 heavy (non-hydrogen) atoms. The molecular weight excluding hydrogens is 638 g/mol. The zero-order valence-corrected chi connectivity index (χ0v) is 24.9. The van der Waals surface area contributed by atoms with E-state index in [0.717, 1.165) is 56.2 Å². The zero-order chi connectivity index (χ0) is 34.0. The van der Waals surface area contributed by atoms with E-state index in [1.807, 2.05) is 13.0 Å². The fourth-order valence-electron chi connectivity index (χ4n) is 6.09. The summed E-state index contributed by atoms with van der Waals surface area (Å²) < 4.78 is 149. The fraction of sp³-hybridized carbons (Fsp3) is 0.278. The third kappa shape index (κ3) is 7.34. The van der Waals surface area contributed by atoms with E-state index in [4.69, 9.17) is 0 Å². The Hall–Kier alpha value is -4.28. The van der Waals surface area contributed by atoms with Crippen molar-refractivity contribution in [2.45, 2.75) is 57.5 Å².